The summed E-state index contributed by atoms with van der Waals surface area (Å²) in [6.07, 6.45) is 5.77. The highest BCUT2D eigenvalue weighted by atomic mass is 16.5. The smallest absolute Gasteiger partial charge is 0.367 e. The van der Waals surface area contributed by atoms with Crippen molar-refractivity contribution in [1.29, 1.82) is 0 Å². The molecule has 0 bridgehead atoms. The fourth-order valence-corrected chi connectivity index (χ4v) is 4.27. The van der Waals surface area contributed by atoms with Gasteiger partial charge in [-0.05, 0) is 45.6 Å². The largest absolute Gasteiger partial charge is 0.473 e. The van der Waals surface area contributed by atoms with Crippen LogP contribution in [0.15, 0.2) is 17.1 Å². The second kappa shape index (κ2) is 8.44. The molecule has 2 aliphatic rings. The summed E-state index contributed by atoms with van der Waals surface area (Å²) in [5.74, 6) is 1.19. The molecule has 0 N–H and O–H groups in total. The Morgan fingerprint density at radius 2 is 1.62 bits per heavy atom. The number of piperazine rings is 1. The first-order valence-electron chi connectivity index (χ1n) is 10.4. The summed E-state index contributed by atoms with van der Waals surface area (Å²) < 4.78 is 7.09. The molecule has 29 heavy (non-hydrogen) atoms. The summed E-state index contributed by atoms with van der Waals surface area (Å²) in [4.78, 5) is 29.6. The summed E-state index contributed by atoms with van der Waals surface area (Å²) in [6, 6.07) is 2.60. The van der Waals surface area contributed by atoms with Gasteiger partial charge in [0.2, 0.25) is 11.8 Å². The minimum Gasteiger partial charge on any atom is -0.473 e. The molecule has 1 aliphatic carbocycles. The SMILES string of the molecule is Cc1cc(C)nc(N2CCN([C@H]3CC[C@H](Oc4cnn(C)c(=O)n4)CC3)CC2)n1. The Morgan fingerprint density at radius 1 is 0.966 bits per heavy atom. The average Bonchev–Trinajstić information content (AvgIpc) is 2.71. The van der Waals surface area contributed by atoms with Crippen LogP contribution in [0.25, 0.3) is 0 Å². The zero-order chi connectivity index (χ0) is 20.4. The zero-order valence-corrected chi connectivity index (χ0v) is 17.4. The van der Waals surface area contributed by atoms with Crippen LogP contribution in [0, 0.1) is 13.8 Å². The van der Waals surface area contributed by atoms with Crippen molar-refractivity contribution in [2.75, 3.05) is 31.1 Å². The standard InChI is InChI=1S/C20H29N7O2/c1-14-12-15(2)23-19(22-14)27-10-8-26(9-11-27)16-4-6-17(7-5-16)29-18-13-21-25(3)20(28)24-18/h12-13,16-17H,4-11H2,1-3H3/t16-,17-. The van der Waals surface area contributed by atoms with E-state index in [1.54, 1.807) is 7.05 Å². The fraction of sp³-hybridized carbons (Fsp3) is 0.650. The summed E-state index contributed by atoms with van der Waals surface area (Å²) >= 11 is 0. The summed E-state index contributed by atoms with van der Waals surface area (Å²) in [5, 5.41) is 3.97. The van der Waals surface area contributed by atoms with Crippen molar-refractivity contribution in [2.45, 2.75) is 51.7 Å². The quantitative estimate of drug-likeness (QED) is 0.755. The van der Waals surface area contributed by atoms with Crippen molar-refractivity contribution in [3.8, 4) is 5.88 Å². The van der Waals surface area contributed by atoms with E-state index in [9.17, 15) is 4.79 Å². The van der Waals surface area contributed by atoms with Crippen molar-refractivity contribution in [3.05, 3.63) is 34.1 Å². The monoisotopic (exact) mass is 399 g/mol. The van der Waals surface area contributed by atoms with Crippen molar-refractivity contribution in [3.63, 3.8) is 0 Å². The molecule has 0 atom stereocenters. The molecule has 2 aromatic heterocycles. The number of nitrogens with zero attached hydrogens (tertiary/aromatic N) is 7. The minimum absolute atomic E-state index is 0.109. The molecule has 2 aromatic rings. The van der Waals surface area contributed by atoms with Crippen LogP contribution in [0.2, 0.25) is 0 Å². The van der Waals surface area contributed by atoms with Crippen molar-refractivity contribution < 1.29 is 4.74 Å². The first kappa shape index (κ1) is 19.8. The third-order valence-corrected chi connectivity index (χ3v) is 5.84. The first-order valence-corrected chi connectivity index (χ1v) is 10.4. The molecule has 9 nitrogen and oxygen atoms in total. The van der Waals surface area contributed by atoms with E-state index in [-0.39, 0.29) is 11.8 Å². The molecule has 156 valence electrons. The molecule has 0 amide bonds. The number of hydrogen-bond acceptors (Lipinski definition) is 8. The van der Waals surface area contributed by atoms with Gasteiger partial charge in [0, 0.05) is 50.7 Å². The highest BCUT2D eigenvalue weighted by molar-refractivity contribution is 5.33. The van der Waals surface area contributed by atoms with Crippen LogP contribution < -0.4 is 15.3 Å². The highest BCUT2D eigenvalue weighted by Gasteiger charge is 2.30. The van der Waals surface area contributed by atoms with Gasteiger partial charge in [-0.2, -0.15) is 10.1 Å². The topological polar surface area (TPSA) is 89.3 Å². The highest BCUT2D eigenvalue weighted by Crippen LogP contribution is 2.27. The molecular weight excluding hydrogens is 370 g/mol. The van der Waals surface area contributed by atoms with Crippen molar-refractivity contribution in [2.24, 2.45) is 7.05 Å². The summed E-state index contributed by atoms with van der Waals surface area (Å²) in [6.45, 7) is 8.03. The van der Waals surface area contributed by atoms with Crippen LogP contribution in [0.5, 0.6) is 5.88 Å². The zero-order valence-electron chi connectivity index (χ0n) is 17.4. The van der Waals surface area contributed by atoms with Crippen molar-refractivity contribution in [1.82, 2.24) is 29.6 Å². The molecule has 0 spiro atoms. The van der Waals surface area contributed by atoms with E-state index in [4.69, 9.17) is 4.74 Å². The first-order chi connectivity index (χ1) is 14.0. The van der Waals surface area contributed by atoms with E-state index in [0.717, 1.165) is 69.2 Å². The van der Waals surface area contributed by atoms with Gasteiger partial charge in [-0.25, -0.2) is 19.4 Å². The second-order valence-electron chi connectivity index (χ2n) is 8.02. The van der Waals surface area contributed by atoms with E-state index in [1.165, 1.54) is 10.9 Å². The predicted molar refractivity (Wildman–Crippen MR) is 109 cm³/mol. The molecule has 0 aromatic carbocycles. The Balaban J connectivity index is 1.26. The number of rotatable bonds is 4. The number of aromatic nitrogens is 5. The van der Waals surface area contributed by atoms with Gasteiger partial charge in [0.25, 0.3) is 0 Å². The molecule has 1 aliphatic heterocycles. The summed E-state index contributed by atoms with van der Waals surface area (Å²) in [7, 11) is 1.58. The molecule has 3 heterocycles. The lowest BCUT2D eigenvalue weighted by molar-refractivity contribution is 0.0811. The maximum Gasteiger partial charge on any atom is 0.367 e. The van der Waals surface area contributed by atoms with Crippen LogP contribution in [-0.4, -0.2) is 68.0 Å². The van der Waals surface area contributed by atoms with Gasteiger partial charge >= 0.3 is 5.69 Å². The lowest BCUT2D eigenvalue weighted by atomic mass is 9.91. The number of ether oxygens (including phenoxy) is 1. The lowest BCUT2D eigenvalue weighted by Crippen LogP contribution is -2.52. The minimum atomic E-state index is -0.387. The van der Waals surface area contributed by atoms with Gasteiger partial charge in [-0.1, -0.05) is 0 Å². The average molecular weight is 399 g/mol. The van der Waals surface area contributed by atoms with E-state index < -0.39 is 0 Å². The van der Waals surface area contributed by atoms with E-state index in [2.05, 4.69) is 29.9 Å². The van der Waals surface area contributed by atoms with Gasteiger partial charge in [0.15, 0.2) is 0 Å². The Hall–Kier alpha value is -2.55. The predicted octanol–water partition coefficient (Wildman–Crippen LogP) is 1.09. The van der Waals surface area contributed by atoms with E-state index >= 15 is 0 Å². The van der Waals surface area contributed by atoms with Gasteiger partial charge < -0.3 is 9.64 Å². The second-order valence-corrected chi connectivity index (χ2v) is 8.02. The van der Waals surface area contributed by atoms with Gasteiger partial charge in [-0.3, -0.25) is 4.90 Å². The lowest BCUT2D eigenvalue weighted by Gasteiger charge is -2.41. The van der Waals surface area contributed by atoms with E-state index in [1.807, 2.05) is 19.9 Å². The fourth-order valence-electron chi connectivity index (χ4n) is 4.27. The van der Waals surface area contributed by atoms with E-state index in [0.29, 0.717) is 11.9 Å². The molecule has 0 radical (unpaired) electrons. The maximum absolute atomic E-state index is 11.6. The number of aryl methyl sites for hydroxylation is 3. The summed E-state index contributed by atoms with van der Waals surface area (Å²) in [5.41, 5.74) is 1.66. The van der Waals surface area contributed by atoms with Crippen LogP contribution in [0.1, 0.15) is 37.1 Å². The Bertz CT molecular complexity index is 880. The van der Waals surface area contributed by atoms with Crippen LogP contribution in [0.3, 0.4) is 0 Å². The molecular formula is C20H29N7O2. The molecule has 4 rings (SSSR count). The maximum atomic E-state index is 11.6. The number of hydrogen-bond donors (Lipinski definition) is 0. The third kappa shape index (κ3) is 4.72. The Labute approximate surface area is 170 Å². The Kier molecular flexibility index (Phi) is 5.75. The normalized spacial score (nSPS) is 23.2. The Morgan fingerprint density at radius 3 is 2.24 bits per heavy atom. The van der Waals surface area contributed by atoms with Gasteiger partial charge in [0.1, 0.15) is 12.3 Å². The van der Waals surface area contributed by atoms with Crippen LogP contribution >= 0.6 is 0 Å². The molecule has 2 fully saturated rings. The molecule has 1 saturated carbocycles. The third-order valence-electron chi connectivity index (χ3n) is 5.84. The molecule has 0 unspecified atom stereocenters. The molecule has 1 saturated heterocycles. The molecule has 9 heteroatoms. The van der Waals surface area contributed by atoms with Crippen molar-refractivity contribution >= 4 is 5.95 Å². The van der Waals surface area contributed by atoms with Crippen LogP contribution in [-0.2, 0) is 7.05 Å². The van der Waals surface area contributed by atoms with Crippen LogP contribution in [0.4, 0.5) is 5.95 Å². The van der Waals surface area contributed by atoms with Gasteiger partial charge in [-0.15, -0.1) is 0 Å². The van der Waals surface area contributed by atoms with Gasteiger partial charge in [0.05, 0.1) is 0 Å². The number of anilines is 1.